The normalized spacial score (nSPS) is 10.5. The Kier molecular flexibility index (Phi) is 5.86. The van der Waals surface area contributed by atoms with Gasteiger partial charge in [0.25, 0.3) is 0 Å². The summed E-state index contributed by atoms with van der Waals surface area (Å²) in [6.45, 7) is 0.522. The molecule has 0 atom stereocenters. The summed E-state index contributed by atoms with van der Waals surface area (Å²) in [6, 6.07) is 27.8. The quantitative estimate of drug-likeness (QED) is 0.597. The van der Waals surface area contributed by atoms with E-state index < -0.39 is 0 Å². The third-order valence-electron chi connectivity index (χ3n) is 3.95. The highest BCUT2D eigenvalue weighted by Gasteiger charge is 2.15. The van der Waals surface area contributed by atoms with Crippen molar-refractivity contribution in [1.29, 1.82) is 0 Å². The number of benzene rings is 3. The second kappa shape index (κ2) is 8.49. The van der Waals surface area contributed by atoms with Crippen molar-refractivity contribution in [2.24, 2.45) is 0 Å². The molecule has 0 radical (unpaired) electrons. The largest absolute Gasteiger partial charge is 0.337 e. The molecule has 126 valence electrons. The lowest BCUT2D eigenvalue weighted by Crippen LogP contribution is -2.32. The molecule has 25 heavy (non-hydrogen) atoms. The maximum Gasteiger partial charge on any atom is 0.319 e. The van der Waals surface area contributed by atoms with Gasteiger partial charge in [-0.3, -0.25) is 0 Å². The highest BCUT2D eigenvalue weighted by Crippen LogP contribution is 2.23. The number of rotatable bonds is 5. The molecular weight excluding hydrogens is 376 g/mol. The number of carbonyl (C=O) groups is 1. The average Bonchev–Trinajstić information content (AvgIpc) is 2.64. The molecule has 3 aromatic carbocycles. The van der Waals surface area contributed by atoms with Gasteiger partial charge in [-0.2, -0.15) is 0 Å². The molecule has 3 aromatic rings. The predicted octanol–water partition coefficient (Wildman–Crippen LogP) is 5.40. The summed E-state index contributed by atoms with van der Waals surface area (Å²) in [7, 11) is 0. The molecule has 0 aliphatic carbocycles. The highest BCUT2D eigenvalue weighted by atomic mass is 79.9. The number of amides is 2. The molecule has 2 amide bonds. The second-order valence-corrected chi connectivity index (χ2v) is 6.64. The van der Waals surface area contributed by atoms with Crippen LogP contribution in [0.4, 0.5) is 10.5 Å². The molecule has 0 bridgehead atoms. The van der Waals surface area contributed by atoms with Gasteiger partial charge in [0.05, 0.1) is 0 Å². The molecule has 3 rings (SSSR count). The van der Waals surface area contributed by atoms with Crippen molar-refractivity contribution in [1.82, 2.24) is 5.32 Å². The van der Waals surface area contributed by atoms with Crippen LogP contribution in [0.1, 0.15) is 17.0 Å². The van der Waals surface area contributed by atoms with Gasteiger partial charge in [0.15, 0.2) is 0 Å². The second-order valence-electron chi connectivity index (χ2n) is 5.72. The summed E-state index contributed by atoms with van der Waals surface area (Å²) in [5.74, 6) is 0.107. The lowest BCUT2D eigenvalue weighted by molar-refractivity contribution is 0.252. The van der Waals surface area contributed by atoms with Crippen LogP contribution in [0, 0.1) is 0 Å². The zero-order valence-electron chi connectivity index (χ0n) is 13.7. The maximum absolute atomic E-state index is 12.3. The van der Waals surface area contributed by atoms with Crippen LogP contribution >= 0.6 is 15.9 Å². The van der Waals surface area contributed by atoms with Crippen molar-refractivity contribution in [3.8, 4) is 0 Å². The molecule has 0 saturated heterocycles. The number of nitrogens with one attached hydrogen (secondary N) is 2. The fourth-order valence-electron chi connectivity index (χ4n) is 2.74. The van der Waals surface area contributed by atoms with Crippen LogP contribution in [-0.4, -0.2) is 12.6 Å². The summed E-state index contributed by atoms with van der Waals surface area (Å²) < 4.78 is 0.928. The van der Waals surface area contributed by atoms with Gasteiger partial charge in [-0.05, 0) is 29.3 Å². The number of hydrogen-bond acceptors (Lipinski definition) is 1. The van der Waals surface area contributed by atoms with E-state index in [4.69, 9.17) is 0 Å². The van der Waals surface area contributed by atoms with E-state index >= 15 is 0 Å². The number of carbonyl (C=O) groups excluding carboxylic acids is 1. The van der Waals surface area contributed by atoms with E-state index in [-0.39, 0.29) is 11.9 Å². The summed E-state index contributed by atoms with van der Waals surface area (Å²) in [6.07, 6.45) is 0. The predicted molar refractivity (Wildman–Crippen MR) is 106 cm³/mol. The van der Waals surface area contributed by atoms with Crippen LogP contribution in [0.2, 0.25) is 0 Å². The van der Waals surface area contributed by atoms with Crippen LogP contribution in [0.15, 0.2) is 89.4 Å². The van der Waals surface area contributed by atoms with E-state index in [1.807, 2.05) is 60.7 Å². The van der Waals surface area contributed by atoms with Crippen LogP contribution in [-0.2, 0) is 0 Å². The van der Waals surface area contributed by atoms with Crippen LogP contribution in [0.3, 0.4) is 0 Å². The third-order valence-corrected chi connectivity index (χ3v) is 4.45. The molecule has 0 aliphatic rings. The number of hydrogen-bond donors (Lipinski definition) is 2. The molecule has 2 N–H and O–H groups in total. The lowest BCUT2D eigenvalue weighted by atomic mass is 9.91. The van der Waals surface area contributed by atoms with Gasteiger partial charge in [-0.1, -0.05) is 82.7 Å². The molecule has 0 saturated carbocycles. The first-order chi connectivity index (χ1) is 12.2. The Balaban J connectivity index is 1.70. The maximum atomic E-state index is 12.3. The first-order valence-corrected chi connectivity index (χ1v) is 8.92. The highest BCUT2D eigenvalue weighted by molar-refractivity contribution is 9.10. The summed E-state index contributed by atoms with van der Waals surface area (Å²) >= 11 is 3.40. The standard InChI is InChI=1S/C21H19BrN2O/c22-18-12-7-13-19(14-18)24-21(25)23-15-20(16-8-3-1-4-9-16)17-10-5-2-6-11-17/h1-14,20H,15H2,(H2,23,24,25). The molecule has 0 aromatic heterocycles. The molecular formula is C21H19BrN2O. The number of anilines is 1. The van der Waals surface area contributed by atoms with E-state index in [1.54, 1.807) is 0 Å². The summed E-state index contributed by atoms with van der Waals surface area (Å²) in [4.78, 5) is 12.3. The topological polar surface area (TPSA) is 41.1 Å². The van der Waals surface area contributed by atoms with Crippen molar-refractivity contribution in [2.45, 2.75) is 5.92 Å². The van der Waals surface area contributed by atoms with Gasteiger partial charge in [0.1, 0.15) is 0 Å². The minimum atomic E-state index is -0.213. The monoisotopic (exact) mass is 394 g/mol. The van der Waals surface area contributed by atoms with Gasteiger partial charge >= 0.3 is 6.03 Å². The van der Waals surface area contributed by atoms with Crippen molar-refractivity contribution >= 4 is 27.6 Å². The minimum absolute atomic E-state index is 0.107. The van der Waals surface area contributed by atoms with Crippen LogP contribution in [0.25, 0.3) is 0 Å². The molecule has 0 heterocycles. The van der Waals surface area contributed by atoms with Gasteiger partial charge in [-0.25, -0.2) is 4.79 Å². The Hall–Kier alpha value is -2.59. The van der Waals surface area contributed by atoms with Crippen molar-refractivity contribution in [3.63, 3.8) is 0 Å². The first kappa shape index (κ1) is 17.2. The smallest absolute Gasteiger partial charge is 0.319 e. The Morgan fingerprint density at radius 3 is 2.00 bits per heavy atom. The SMILES string of the molecule is O=C(NCC(c1ccccc1)c1ccccc1)Nc1cccc(Br)c1. The van der Waals surface area contributed by atoms with E-state index in [9.17, 15) is 4.79 Å². The average molecular weight is 395 g/mol. The zero-order valence-corrected chi connectivity index (χ0v) is 15.2. The zero-order chi connectivity index (χ0) is 17.5. The molecule has 4 heteroatoms. The summed E-state index contributed by atoms with van der Waals surface area (Å²) in [5.41, 5.74) is 3.11. The van der Waals surface area contributed by atoms with Gasteiger partial charge in [0, 0.05) is 22.6 Å². The number of urea groups is 1. The van der Waals surface area contributed by atoms with E-state index in [0.29, 0.717) is 6.54 Å². The van der Waals surface area contributed by atoms with Crippen molar-refractivity contribution < 1.29 is 4.79 Å². The molecule has 0 aliphatic heterocycles. The van der Waals surface area contributed by atoms with E-state index in [2.05, 4.69) is 50.8 Å². The lowest BCUT2D eigenvalue weighted by Gasteiger charge is -2.19. The third kappa shape index (κ3) is 4.94. The Bertz CT molecular complexity index is 782. The molecule has 3 nitrogen and oxygen atoms in total. The van der Waals surface area contributed by atoms with E-state index in [0.717, 1.165) is 10.2 Å². The van der Waals surface area contributed by atoms with E-state index in [1.165, 1.54) is 11.1 Å². The fraction of sp³-hybridized carbons (Fsp3) is 0.0952. The number of halogens is 1. The Morgan fingerprint density at radius 2 is 1.44 bits per heavy atom. The van der Waals surface area contributed by atoms with Crippen LogP contribution in [0.5, 0.6) is 0 Å². The van der Waals surface area contributed by atoms with Crippen LogP contribution < -0.4 is 10.6 Å². The first-order valence-electron chi connectivity index (χ1n) is 8.12. The fourth-order valence-corrected chi connectivity index (χ4v) is 3.13. The van der Waals surface area contributed by atoms with Gasteiger partial charge in [0.2, 0.25) is 0 Å². The summed E-state index contributed by atoms with van der Waals surface area (Å²) in [5, 5.41) is 5.84. The van der Waals surface area contributed by atoms with Gasteiger partial charge in [-0.15, -0.1) is 0 Å². The van der Waals surface area contributed by atoms with Crippen molar-refractivity contribution in [3.05, 3.63) is 101 Å². The molecule has 0 fully saturated rings. The minimum Gasteiger partial charge on any atom is -0.337 e. The molecule has 0 spiro atoms. The Morgan fingerprint density at radius 1 is 0.840 bits per heavy atom. The van der Waals surface area contributed by atoms with Crippen molar-refractivity contribution in [2.75, 3.05) is 11.9 Å². The van der Waals surface area contributed by atoms with Gasteiger partial charge < -0.3 is 10.6 Å². The Labute approximate surface area is 156 Å². The molecule has 0 unspecified atom stereocenters.